The first-order valence-electron chi connectivity index (χ1n) is 6.80. The standard InChI is InChI=1S/C14H16N4O2/c1-2-9-3-4-12-11(5-9)13(14(19)20)17-18(12)10-6-15-8-16-7-10/h6-9H,2-5H2,1H3,(H,19,20). The van der Waals surface area contributed by atoms with Crippen molar-refractivity contribution in [3.05, 3.63) is 35.7 Å². The fraction of sp³-hybridized carbons (Fsp3) is 0.429. The summed E-state index contributed by atoms with van der Waals surface area (Å²) >= 11 is 0. The van der Waals surface area contributed by atoms with E-state index >= 15 is 0 Å². The molecule has 1 atom stereocenters. The van der Waals surface area contributed by atoms with Crippen LogP contribution in [0.25, 0.3) is 5.69 Å². The number of rotatable bonds is 3. The van der Waals surface area contributed by atoms with Crippen molar-refractivity contribution in [1.29, 1.82) is 0 Å². The van der Waals surface area contributed by atoms with Gasteiger partial charge in [-0.1, -0.05) is 13.3 Å². The number of hydrogen-bond acceptors (Lipinski definition) is 4. The quantitative estimate of drug-likeness (QED) is 0.922. The number of carbonyl (C=O) groups is 1. The summed E-state index contributed by atoms with van der Waals surface area (Å²) in [6, 6.07) is 0. The summed E-state index contributed by atoms with van der Waals surface area (Å²) in [7, 11) is 0. The van der Waals surface area contributed by atoms with Crippen LogP contribution in [0.15, 0.2) is 18.7 Å². The summed E-state index contributed by atoms with van der Waals surface area (Å²) in [6.07, 6.45) is 8.53. The molecule has 0 spiro atoms. The lowest BCUT2D eigenvalue weighted by Crippen LogP contribution is -2.16. The molecule has 0 fully saturated rings. The fourth-order valence-electron chi connectivity index (χ4n) is 2.82. The summed E-state index contributed by atoms with van der Waals surface area (Å²) in [5, 5.41) is 13.6. The Balaban J connectivity index is 2.12. The lowest BCUT2D eigenvalue weighted by Gasteiger charge is -2.21. The van der Waals surface area contributed by atoms with E-state index in [1.165, 1.54) is 6.33 Å². The molecule has 0 aromatic carbocycles. The van der Waals surface area contributed by atoms with E-state index in [4.69, 9.17) is 0 Å². The van der Waals surface area contributed by atoms with Crippen LogP contribution >= 0.6 is 0 Å². The van der Waals surface area contributed by atoms with Crippen molar-refractivity contribution in [1.82, 2.24) is 19.7 Å². The second kappa shape index (κ2) is 5.03. The Labute approximate surface area is 116 Å². The minimum absolute atomic E-state index is 0.169. The van der Waals surface area contributed by atoms with Crippen LogP contribution < -0.4 is 0 Å². The average molecular weight is 272 g/mol. The molecule has 2 aromatic rings. The molecule has 104 valence electrons. The molecule has 0 saturated carbocycles. The summed E-state index contributed by atoms with van der Waals surface area (Å²) in [5.41, 5.74) is 2.74. The third kappa shape index (κ3) is 2.07. The van der Waals surface area contributed by atoms with Crippen LogP contribution in [0.5, 0.6) is 0 Å². The number of nitrogens with zero attached hydrogens (tertiary/aromatic N) is 4. The van der Waals surface area contributed by atoms with E-state index in [1.807, 2.05) is 0 Å². The van der Waals surface area contributed by atoms with Crippen LogP contribution in [0, 0.1) is 5.92 Å². The molecule has 1 unspecified atom stereocenters. The van der Waals surface area contributed by atoms with E-state index in [0.29, 0.717) is 11.6 Å². The van der Waals surface area contributed by atoms with Gasteiger partial charge in [-0.3, -0.25) is 0 Å². The van der Waals surface area contributed by atoms with Gasteiger partial charge >= 0.3 is 5.97 Å². The Morgan fingerprint density at radius 1 is 1.45 bits per heavy atom. The molecule has 0 aliphatic heterocycles. The molecule has 0 radical (unpaired) electrons. The summed E-state index contributed by atoms with van der Waals surface area (Å²) in [4.78, 5) is 19.4. The maximum Gasteiger partial charge on any atom is 0.356 e. The summed E-state index contributed by atoms with van der Waals surface area (Å²) < 4.78 is 1.69. The summed E-state index contributed by atoms with van der Waals surface area (Å²) in [6.45, 7) is 2.14. The first kappa shape index (κ1) is 12.8. The molecule has 0 amide bonds. The fourth-order valence-corrected chi connectivity index (χ4v) is 2.82. The zero-order valence-corrected chi connectivity index (χ0v) is 11.3. The zero-order valence-electron chi connectivity index (χ0n) is 11.3. The van der Waals surface area contributed by atoms with Crippen LogP contribution in [0.1, 0.15) is 41.5 Å². The van der Waals surface area contributed by atoms with Gasteiger partial charge in [-0.25, -0.2) is 19.4 Å². The number of carboxylic acids is 1. The van der Waals surface area contributed by atoms with Crippen molar-refractivity contribution in [3.63, 3.8) is 0 Å². The van der Waals surface area contributed by atoms with Gasteiger partial charge in [-0.15, -0.1) is 0 Å². The molecule has 3 rings (SSSR count). The highest BCUT2D eigenvalue weighted by molar-refractivity contribution is 5.87. The van der Waals surface area contributed by atoms with Crippen LogP contribution in [0.2, 0.25) is 0 Å². The van der Waals surface area contributed by atoms with Gasteiger partial charge in [0.1, 0.15) is 12.0 Å². The SMILES string of the molecule is CCC1CCc2c(c(C(=O)O)nn2-c2cncnc2)C1. The van der Waals surface area contributed by atoms with E-state index in [0.717, 1.165) is 36.9 Å². The van der Waals surface area contributed by atoms with Gasteiger partial charge in [0.25, 0.3) is 0 Å². The average Bonchev–Trinajstić information content (AvgIpc) is 2.87. The van der Waals surface area contributed by atoms with Gasteiger partial charge in [0.2, 0.25) is 0 Å². The van der Waals surface area contributed by atoms with Crippen molar-refractivity contribution >= 4 is 5.97 Å². The lowest BCUT2D eigenvalue weighted by atomic mass is 9.85. The van der Waals surface area contributed by atoms with Crippen molar-refractivity contribution in [2.75, 3.05) is 0 Å². The molecule has 1 aliphatic carbocycles. The second-order valence-electron chi connectivity index (χ2n) is 5.10. The van der Waals surface area contributed by atoms with Crippen LogP contribution in [-0.2, 0) is 12.8 Å². The van der Waals surface area contributed by atoms with Gasteiger partial charge in [0.05, 0.1) is 12.4 Å². The lowest BCUT2D eigenvalue weighted by molar-refractivity contribution is 0.0688. The molecule has 1 N–H and O–H groups in total. The highest BCUT2D eigenvalue weighted by atomic mass is 16.4. The highest BCUT2D eigenvalue weighted by Gasteiger charge is 2.28. The molecule has 6 nitrogen and oxygen atoms in total. The van der Waals surface area contributed by atoms with Crippen molar-refractivity contribution in [3.8, 4) is 5.69 Å². The van der Waals surface area contributed by atoms with E-state index in [9.17, 15) is 9.90 Å². The molecule has 2 heterocycles. The molecule has 0 saturated heterocycles. The molecule has 20 heavy (non-hydrogen) atoms. The topological polar surface area (TPSA) is 80.9 Å². The Morgan fingerprint density at radius 3 is 2.85 bits per heavy atom. The number of aromatic carboxylic acids is 1. The second-order valence-corrected chi connectivity index (χ2v) is 5.10. The molecular formula is C14H16N4O2. The predicted molar refractivity (Wildman–Crippen MR) is 71.9 cm³/mol. The molecule has 1 aliphatic rings. The maximum absolute atomic E-state index is 11.4. The molecular weight excluding hydrogens is 256 g/mol. The van der Waals surface area contributed by atoms with E-state index < -0.39 is 5.97 Å². The minimum atomic E-state index is -0.964. The summed E-state index contributed by atoms with van der Waals surface area (Å²) in [5.74, 6) is -0.418. The normalized spacial score (nSPS) is 17.8. The van der Waals surface area contributed by atoms with Crippen LogP contribution in [-0.4, -0.2) is 30.8 Å². The van der Waals surface area contributed by atoms with E-state index in [-0.39, 0.29) is 5.69 Å². The number of fused-ring (bicyclic) bond motifs is 1. The van der Waals surface area contributed by atoms with Gasteiger partial charge in [0, 0.05) is 11.3 Å². The Bertz CT molecular complexity index is 636. The maximum atomic E-state index is 11.4. The van der Waals surface area contributed by atoms with Crippen molar-refractivity contribution in [2.45, 2.75) is 32.6 Å². The number of aromatic nitrogens is 4. The van der Waals surface area contributed by atoms with E-state index in [1.54, 1.807) is 17.1 Å². The number of carboxylic acid groups (broad SMARTS) is 1. The molecule has 6 heteroatoms. The van der Waals surface area contributed by atoms with Gasteiger partial charge < -0.3 is 5.11 Å². The van der Waals surface area contributed by atoms with Crippen LogP contribution in [0.4, 0.5) is 0 Å². The monoisotopic (exact) mass is 272 g/mol. The Morgan fingerprint density at radius 2 is 2.20 bits per heavy atom. The van der Waals surface area contributed by atoms with Gasteiger partial charge in [-0.05, 0) is 25.2 Å². The minimum Gasteiger partial charge on any atom is -0.476 e. The third-order valence-electron chi connectivity index (χ3n) is 3.94. The van der Waals surface area contributed by atoms with Gasteiger partial charge in [-0.2, -0.15) is 5.10 Å². The zero-order chi connectivity index (χ0) is 14.1. The van der Waals surface area contributed by atoms with Crippen molar-refractivity contribution in [2.24, 2.45) is 5.92 Å². The first-order valence-corrected chi connectivity index (χ1v) is 6.80. The number of hydrogen-bond donors (Lipinski definition) is 1. The molecule has 0 bridgehead atoms. The largest absolute Gasteiger partial charge is 0.476 e. The Hall–Kier alpha value is -2.24. The van der Waals surface area contributed by atoms with E-state index in [2.05, 4.69) is 22.0 Å². The van der Waals surface area contributed by atoms with Gasteiger partial charge in [0.15, 0.2) is 5.69 Å². The molecule has 2 aromatic heterocycles. The third-order valence-corrected chi connectivity index (χ3v) is 3.94. The highest BCUT2D eigenvalue weighted by Crippen LogP contribution is 2.31. The predicted octanol–water partition coefficient (Wildman–Crippen LogP) is 1.88. The Kier molecular flexibility index (Phi) is 3.22. The first-order chi connectivity index (χ1) is 9.70. The smallest absolute Gasteiger partial charge is 0.356 e. The van der Waals surface area contributed by atoms with Crippen LogP contribution in [0.3, 0.4) is 0 Å². The van der Waals surface area contributed by atoms with Crippen molar-refractivity contribution < 1.29 is 9.90 Å².